The highest BCUT2D eigenvalue weighted by Crippen LogP contribution is 2.14. The molecular weight excluding hydrogens is 236 g/mol. The molecule has 2 aromatic rings. The second-order valence-corrected chi connectivity index (χ2v) is 3.83. The average molecular weight is 248 g/mol. The number of carboxylic acid groups (broad SMARTS) is 1. The van der Waals surface area contributed by atoms with Crippen LogP contribution in [0.4, 0.5) is 0 Å². The first-order chi connectivity index (χ1) is 8.61. The van der Waals surface area contributed by atoms with E-state index in [0.29, 0.717) is 5.56 Å². The number of H-pyrrole nitrogens is 1. The van der Waals surface area contributed by atoms with Gasteiger partial charge in [-0.05, 0) is 24.3 Å². The van der Waals surface area contributed by atoms with Gasteiger partial charge in [0.2, 0.25) is 0 Å². The monoisotopic (exact) mass is 248 g/mol. The first-order valence-corrected chi connectivity index (χ1v) is 5.33. The summed E-state index contributed by atoms with van der Waals surface area (Å²) in [6.45, 7) is -0.645. The van der Waals surface area contributed by atoms with Crippen LogP contribution in [0.25, 0.3) is 10.9 Å². The van der Waals surface area contributed by atoms with Gasteiger partial charge in [-0.1, -0.05) is 0 Å². The molecule has 18 heavy (non-hydrogen) atoms. The molecule has 0 saturated carbocycles. The zero-order chi connectivity index (χ0) is 13.1. The zero-order valence-corrected chi connectivity index (χ0v) is 9.38. The largest absolute Gasteiger partial charge is 0.480 e. The number of rotatable bonds is 4. The van der Waals surface area contributed by atoms with Crippen molar-refractivity contribution in [2.45, 2.75) is 6.04 Å². The first-order valence-electron chi connectivity index (χ1n) is 5.33. The topological polar surface area (TPSA) is 102 Å². The molecule has 0 fully saturated rings. The molecule has 0 aliphatic carbocycles. The minimum Gasteiger partial charge on any atom is -0.480 e. The summed E-state index contributed by atoms with van der Waals surface area (Å²) >= 11 is 0. The fourth-order valence-electron chi connectivity index (χ4n) is 1.62. The van der Waals surface area contributed by atoms with Crippen LogP contribution in [-0.4, -0.2) is 39.7 Å². The minimum atomic E-state index is -1.29. The Hall–Kier alpha value is -2.34. The molecule has 0 radical (unpaired) electrons. The Morgan fingerprint density at radius 3 is 2.78 bits per heavy atom. The summed E-state index contributed by atoms with van der Waals surface area (Å²) in [4.78, 5) is 25.5. The molecule has 0 unspecified atom stereocenters. The molecule has 0 saturated heterocycles. The molecule has 0 aliphatic rings. The average Bonchev–Trinajstić information content (AvgIpc) is 2.82. The number of carboxylic acids is 1. The van der Waals surface area contributed by atoms with Crippen molar-refractivity contribution in [2.75, 3.05) is 6.61 Å². The Morgan fingerprint density at radius 1 is 1.33 bits per heavy atom. The fourth-order valence-corrected chi connectivity index (χ4v) is 1.62. The van der Waals surface area contributed by atoms with Crippen LogP contribution in [0.15, 0.2) is 30.5 Å². The van der Waals surface area contributed by atoms with Crippen molar-refractivity contribution in [1.29, 1.82) is 0 Å². The molecule has 1 atom stereocenters. The lowest BCUT2D eigenvalue weighted by Crippen LogP contribution is -2.43. The van der Waals surface area contributed by atoms with Crippen molar-refractivity contribution in [3.63, 3.8) is 0 Å². The molecule has 0 aliphatic heterocycles. The van der Waals surface area contributed by atoms with Crippen molar-refractivity contribution in [3.8, 4) is 0 Å². The normalized spacial score (nSPS) is 12.3. The molecule has 6 nitrogen and oxygen atoms in total. The van der Waals surface area contributed by atoms with Crippen molar-refractivity contribution in [3.05, 3.63) is 36.0 Å². The maximum Gasteiger partial charge on any atom is 0.328 e. The van der Waals surface area contributed by atoms with E-state index in [0.717, 1.165) is 10.9 Å². The molecule has 1 heterocycles. The number of aliphatic hydroxyl groups is 1. The summed E-state index contributed by atoms with van der Waals surface area (Å²) in [5.41, 5.74) is 1.24. The second kappa shape index (κ2) is 4.89. The Kier molecular flexibility index (Phi) is 3.29. The van der Waals surface area contributed by atoms with Crippen LogP contribution in [0.2, 0.25) is 0 Å². The van der Waals surface area contributed by atoms with E-state index in [-0.39, 0.29) is 0 Å². The molecular formula is C12H12N2O4. The van der Waals surface area contributed by atoms with Gasteiger partial charge in [0.15, 0.2) is 6.04 Å². The predicted octanol–water partition coefficient (Wildman–Crippen LogP) is 0.343. The summed E-state index contributed by atoms with van der Waals surface area (Å²) < 4.78 is 0. The molecule has 0 bridgehead atoms. The van der Waals surface area contributed by atoms with Crippen LogP contribution in [0.3, 0.4) is 0 Å². The smallest absolute Gasteiger partial charge is 0.328 e. The third-order valence-electron chi connectivity index (χ3n) is 2.60. The van der Waals surface area contributed by atoms with E-state index in [9.17, 15) is 9.59 Å². The number of aromatic amines is 1. The number of aromatic nitrogens is 1. The minimum absolute atomic E-state index is 0.349. The highest BCUT2D eigenvalue weighted by atomic mass is 16.4. The maximum absolute atomic E-state index is 11.8. The number of hydrogen-bond acceptors (Lipinski definition) is 3. The van der Waals surface area contributed by atoms with Crippen molar-refractivity contribution >= 4 is 22.8 Å². The molecule has 6 heteroatoms. The van der Waals surface area contributed by atoms with E-state index >= 15 is 0 Å². The van der Waals surface area contributed by atoms with Gasteiger partial charge in [0.1, 0.15) is 0 Å². The van der Waals surface area contributed by atoms with Gasteiger partial charge >= 0.3 is 5.97 Å². The molecule has 1 aromatic heterocycles. The quantitative estimate of drug-likeness (QED) is 0.626. The second-order valence-electron chi connectivity index (χ2n) is 3.83. The number of aliphatic carboxylic acids is 1. The summed E-state index contributed by atoms with van der Waals surface area (Å²) in [6, 6.07) is 5.49. The molecule has 2 rings (SSSR count). The fraction of sp³-hybridized carbons (Fsp3) is 0.167. The van der Waals surface area contributed by atoms with Crippen molar-refractivity contribution in [1.82, 2.24) is 10.3 Å². The highest BCUT2D eigenvalue weighted by molar-refractivity contribution is 5.99. The van der Waals surface area contributed by atoms with Gasteiger partial charge in [-0.2, -0.15) is 0 Å². The molecule has 0 spiro atoms. The number of aliphatic hydroxyl groups excluding tert-OH is 1. The van der Waals surface area contributed by atoms with Crippen LogP contribution in [0, 0.1) is 0 Å². The van der Waals surface area contributed by atoms with Crippen LogP contribution >= 0.6 is 0 Å². The standard InChI is InChI=1S/C12H12N2O4/c15-6-10(12(17)18)14-11(16)8-1-2-9-7(5-8)3-4-13-9/h1-5,10,13,15H,6H2,(H,14,16)(H,17,18)/t10-/m1/s1. The lowest BCUT2D eigenvalue weighted by molar-refractivity contribution is -0.140. The van der Waals surface area contributed by atoms with Gasteiger partial charge in [-0.3, -0.25) is 4.79 Å². The summed E-state index contributed by atoms with van der Waals surface area (Å²) in [6.07, 6.45) is 1.75. The maximum atomic E-state index is 11.8. The highest BCUT2D eigenvalue weighted by Gasteiger charge is 2.19. The third kappa shape index (κ3) is 2.33. The van der Waals surface area contributed by atoms with Crippen LogP contribution < -0.4 is 5.32 Å². The summed E-state index contributed by atoms with van der Waals surface area (Å²) in [5, 5.41) is 20.7. The number of carbonyl (C=O) groups excluding carboxylic acids is 1. The lowest BCUT2D eigenvalue weighted by atomic mass is 10.1. The number of nitrogens with one attached hydrogen (secondary N) is 2. The SMILES string of the molecule is O=C(N[C@H](CO)C(=O)O)c1ccc2[nH]ccc2c1. The Labute approximate surface area is 102 Å². The number of hydrogen-bond donors (Lipinski definition) is 4. The molecule has 4 N–H and O–H groups in total. The number of benzene rings is 1. The zero-order valence-electron chi connectivity index (χ0n) is 9.38. The van der Waals surface area contributed by atoms with E-state index in [4.69, 9.17) is 10.2 Å². The molecule has 94 valence electrons. The molecule has 1 amide bonds. The van der Waals surface area contributed by atoms with Crippen LogP contribution in [0.1, 0.15) is 10.4 Å². The van der Waals surface area contributed by atoms with Crippen molar-refractivity contribution < 1.29 is 19.8 Å². The van der Waals surface area contributed by atoms with Gasteiger partial charge in [0.25, 0.3) is 5.91 Å². The van der Waals surface area contributed by atoms with E-state index in [1.165, 1.54) is 0 Å². The van der Waals surface area contributed by atoms with E-state index in [2.05, 4.69) is 10.3 Å². The molecule has 1 aromatic carbocycles. The number of amides is 1. The predicted molar refractivity (Wildman–Crippen MR) is 64.3 cm³/mol. The van der Waals surface area contributed by atoms with E-state index in [1.807, 2.05) is 6.07 Å². The first kappa shape index (κ1) is 12.1. The summed E-state index contributed by atoms with van der Waals surface area (Å²) in [7, 11) is 0. The van der Waals surface area contributed by atoms with Crippen molar-refractivity contribution in [2.24, 2.45) is 0 Å². The van der Waals surface area contributed by atoms with Crippen LogP contribution in [-0.2, 0) is 4.79 Å². The Balaban J connectivity index is 2.19. The van der Waals surface area contributed by atoms with Gasteiger partial charge in [-0.25, -0.2) is 4.79 Å². The Morgan fingerprint density at radius 2 is 2.11 bits per heavy atom. The van der Waals surface area contributed by atoms with Gasteiger partial charge in [-0.15, -0.1) is 0 Å². The third-order valence-corrected chi connectivity index (χ3v) is 2.60. The summed E-state index contributed by atoms with van der Waals surface area (Å²) in [5.74, 6) is -1.80. The number of fused-ring (bicyclic) bond motifs is 1. The van der Waals surface area contributed by atoms with Gasteiger partial charge < -0.3 is 20.5 Å². The van der Waals surface area contributed by atoms with Gasteiger partial charge in [0, 0.05) is 22.7 Å². The number of carbonyl (C=O) groups is 2. The lowest BCUT2D eigenvalue weighted by Gasteiger charge is -2.11. The van der Waals surface area contributed by atoms with E-state index in [1.54, 1.807) is 24.4 Å². The van der Waals surface area contributed by atoms with Gasteiger partial charge in [0.05, 0.1) is 6.61 Å². The van der Waals surface area contributed by atoms with E-state index < -0.39 is 24.5 Å². The Bertz CT molecular complexity index is 591. The van der Waals surface area contributed by atoms with Crippen LogP contribution in [0.5, 0.6) is 0 Å².